The molecule has 2 unspecified atom stereocenters. The average Bonchev–Trinajstić information content (AvgIpc) is 2.61. The Hall–Kier alpha value is -2.17. The van der Waals surface area contributed by atoms with Crippen LogP contribution < -0.4 is 5.32 Å². The summed E-state index contributed by atoms with van der Waals surface area (Å²) in [6.45, 7) is 0.971. The Morgan fingerprint density at radius 3 is 2.74 bits per heavy atom. The molecule has 2 aromatic carbocycles. The molecule has 2 atom stereocenters. The van der Waals surface area contributed by atoms with Gasteiger partial charge < -0.3 is 15.2 Å². The first-order valence-corrected chi connectivity index (χ1v) is 7.96. The van der Waals surface area contributed by atoms with Gasteiger partial charge >= 0.3 is 0 Å². The SMILES string of the molecule is O=C(NCCC(O)c1ccccc1)C1OCCc2ccccc21. The molecule has 0 radical (unpaired) electrons. The lowest BCUT2D eigenvalue weighted by Crippen LogP contribution is -2.34. The summed E-state index contributed by atoms with van der Waals surface area (Å²) in [6, 6.07) is 17.3. The minimum Gasteiger partial charge on any atom is -0.388 e. The van der Waals surface area contributed by atoms with Crippen molar-refractivity contribution in [2.24, 2.45) is 0 Å². The molecule has 4 nitrogen and oxygen atoms in total. The van der Waals surface area contributed by atoms with E-state index in [1.165, 1.54) is 5.56 Å². The molecule has 0 aliphatic carbocycles. The maximum Gasteiger partial charge on any atom is 0.253 e. The van der Waals surface area contributed by atoms with Gasteiger partial charge in [-0.05, 0) is 29.5 Å². The van der Waals surface area contributed by atoms with Crippen molar-refractivity contribution in [1.82, 2.24) is 5.32 Å². The molecule has 3 rings (SSSR count). The van der Waals surface area contributed by atoms with Gasteiger partial charge in [0.2, 0.25) is 0 Å². The minimum absolute atomic E-state index is 0.141. The first-order valence-electron chi connectivity index (χ1n) is 7.96. The summed E-state index contributed by atoms with van der Waals surface area (Å²) < 4.78 is 5.63. The fourth-order valence-corrected chi connectivity index (χ4v) is 2.88. The highest BCUT2D eigenvalue weighted by molar-refractivity contribution is 5.82. The molecule has 2 N–H and O–H groups in total. The third-order valence-electron chi connectivity index (χ3n) is 4.13. The zero-order valence-corrected chi connectivity index (χ0v) is 12.9. The maximum atomic E-state index is 12.4. The van der Waals surface area contributed by atoms with E-state index in [0.29, 0.717) is 19.6 Å². The normalized spacial score (nSPS) is 18.0. The number of aliphatic hydroxyl groups excluding tert-OH is 1. The van der Waals surface area contributed by atoms with E-state index in [9.17, 15) is 9.90 Å². The molecule has 1 aliphatic heterocycles. The Labute approximate surface area is 136 Å². The van der Waals surface area contributed by atoms with Crippen LogP contribution in [-0.4, -0.2) is 24.2 Å². The Kier molecular flexibility index (Phi) is 5.05. The summed E-state index contributed by atoms with van der Waals surface area (Å²) in [7, 11) is 0. The lowest BCUT2D eigenvalue weighted by atomic mass is 9.97. The van der Waals surface area contributed by atoms with Gasteiger partial charge in [0.05, 0.1) is 12.7 Å². The summed E-state index contributed by atoms with van der Waals surface area (Å²) >= 11 is 0. The topological polar surface area (TPSA) is 58.6 Å². The third-order valence-corrected chi connectivity index (χ3v) is 4.13. The van der Waals surface area contributed by atoms with E-state index in [1.807, 2.05) is 54.6 Å². The average molecular weight is 311 g/mol. The van der Waals surface area contributed by atoms with Crippen LogP contribution in [0.3, 0.4) is 0 Å². The second-order valence-corrected chi connectivity index (χ2v) is 5.71. The first kappa shape index (κ1) is 15.7. The van der Waals surface area contributed by atoms with Crippen molar-refractivity contribution in [3.8, 4) is 0 Å². The number of rotatable bonds is 5. The zero-order valence-electron chi connectivity index (χ0n) is 12.9. The first-order chi connectivity index (χ1) is 11.3. The number of fused-ring (bicyclic) bond motifs is 1. The highest BCUT2D eigenvalue weighted by atomic mass is 16.5. The summed E-state index contributed by atoms with van der Waals surface area (Å²) in [5, 5.41) is 13.0. The fourth-order valence-electron chi connectivity index (χ4n) is 2.88. The highest BCUT2D eigenvalue weighted by Crippen LogP contribution is 2.27. The molecule has 1 aliphatic rings. The van der Waals surface area contributed by atoms with Gasteiger partial charge in [-0.3, -0.25) is 4.79 Å². The van der Waals surface area contributed by atoms with E-state index in [4.69, 9.17) is 4.74 Å². The molecular formula is C19H21NO3. The van der Waals surface area contributed by atoms with Gasteiger partial charge in [0, 0.05) is 6.54 Å². The van der Waals surface area contributed by atoms with Crippen LogP contribution >= 0.6 is 0 Å². The van der Waals surface area contributed by atoms with Crippen LogP contribution in [0.25, 0.3) is 0 Å². The van der Waals surface area contributed by atoms with Gasteiger partial charge in [-0.25, -0.2) is 0 Å². The molecule has 0 saturated carbocycles. The van der Waals surface area contributed by atoms with Gasteiger partial charge in [-0.1, -0.05) is 54.6 Å². The predicted octanol–water partition coefficient (Wildman–Crippen LogP) is 2.54. The van der Waals surface area contributed by atoms with Gasteiger partial charge in [-0.2, -0.15) is 0 Å². The number of hydrogen-bond donors (Lipinski definition) is 2. The molecule has 23 heavy (non-hydrogen) atoms. The number of carbonyl (C=O) groups excluding carboxylic acids is 1. The lowest BCUT2D eigenvalue weighted by molar-refractivity contribution is -0.134. The van der Waals surface area contributed by atoms with E-state index in [1.54, 1.807) is 0 Å². The Balaban J connectivity index is 1.54. The number of ether oxygens (including phenoxy) is 1. The van der Waals surface area contributed by atoms with E-state index in [-0.39, 0.29) is 5.91 Å². The highest BCUT2D eigenvalue weighted by Gasteiger charge is 2.26. The molecule has 0 saturated heterocycles. The maximum absolute atomic E-state index is 12.4. The fraction of sp³-hybridized carbons (Fsp3) is 0.316. The van der Waals surface area contributed by atoms with E-state index in [2.05, 4.69) is 5.32 Å². The molecule has 4 heteroatoms. The molecular weight excluding hydrogens is 290 g/mol. The number of nitrogens with one attached hydrogen (secondary N) is 1. The van der Waals surface area contributed by atoms with Crippen LogP contribution in [0.5, 0.6) is 0 Å². The van der Waals surface area contributed by atoms with Crippen molar-refractivity contribution in [3.63, 3.8) is 0 Å². The van der Waals surface area contributed by atoms with Crippen LogP contribution in [0.2, 0.25) is 0 Å². The molecule has 120 valence electrons. The van der Waals surface area contributed by atoms with Crippen molar-refractivity contribution in [2.75, 3.05) is 13.2 Å². The number of benzene rings is 2. The van der Waals surface area contributed by atoms with Crippen LogP contribution in [0.15, 0.2) is 54.6 Å². The van der Waals surface area contributed by atoms with Gasteiger partial charge in [-0.15, -0.1) is 0 Å². The van der Waals surface area contributed by atoms with Crippen molar-refractivity contribution < 1.29 is 14.6 Å². The molecule has 0 spiro atoms. The molecule has 0 bridgehead atoms. The van der Waals surface area contributed by atoms with Crippen LogP contribution in [-0.2, 0) is 16.0 Å². The Bertz CT molecular complexity index is 657. The van der Waals surface area contributed by atoms with Gasteiger partial charge in [0.25, 0.3) is 5.91 Å². The number of hydrogen-bond acceptors (Lipinski definition) is 3. The molecule has 1 heterocycles. The van der Waals surface area contributed by atoms with Crippen molar-refractivity contribution in [1.29, 1.82) is 0 Å². The second-order valence-electron chi connectivity index (χ2n) is 5.71. The van der Waals surface area contributed by atoms with Gasteiger partial charge in [0.15, 0.2) is 6.10 Å². The number of carbonyl (C=O) groups is 1. The van der Waals surface area contributed by atoms with E-state index >= 15 is 0 Å². The third kappa shape index (κ3) is 3.78. The summed E-state index contributed by atoms with van der Waals surface area (Å²) in [6.07, 6.45) is 0.196. The second kappa shape index (κ2) is 7.40. The van der Waals surface area contributed by atoms with Gasteiger partial charge in [0.1, 0.15) is 0 Å². The van der Waals surface area contributed by atoms with Crippen LogP contribution in [0.1, 0.15) is 35.3 Å². The lowest BCUT2D eigenvalue weighted by Gasteiger charge is -2.25. The monoisotopic (exact) mass is 311 g/mol. The van der Waals surface area contributed by atoms with Crippen molar-refractivity contribution >= 4 is 5.91 Å². The molecule has 0 fully saturated rings. The van der Waals surface area contributed by atoms with Crippen molar-refractivity contribution in [2.45, 2.75) is 25.0 Å². The molecule has 0 aromatic heterocycles. The quantitative estimate of drug-likeness (QED) is 0.892. The smallest absolute Gasteiger partial charge is 0.253 e. The number of aliphatic hydroxyl groups is 1. The van der Waals surface area contributed by atoms with Crippen LogP contribution in [0, 0.1) is 0 Å². The molecule has 2 aromatic rings. The Morgan fingerprint density at radius 2 is 1.91 bits per heavy atom. The van der Waals surface area contributed by atoms with E-state index in [0.717, 1.165) is 17.5 Å². The zero-order chi connectivity index (χ0) is 16.1. The largest absolute Gasteiger partial charge is 0.388 e. The Morgan fingerprint density at radius 1 is 1.17 bits per heavy atom. The summed E-state index contributed by atoms with van der Waals surface area (Å²) in [5.41, 5.74) is 2.98. The van der Waals surface area contributed by atoms with Crippen molar-refractivity contribution in [3.05, 3.63) is 71.3 Å². The molecule has 1 amide bonds. The van der Waals surface area contributed by atoms with Crippen LogP contribution in [0.4, 0.5) is 0 Å². The summed E-state index contributed by atoms with van der Waals surface area (Å²) in [5.74, 6) is -0.141. The summed E-state index contributed by atoms with van der Waals surface area (Å²) in [4.78, 5) is 12.4. The predicted molar refractivity (Wildman–Crippen MR) is 87.9 cm³/mol. The minimum atomic E-state index is -0.573. The number of amides is 1. The van der Waals surface area contributed by atoms with E-state index < -0.39 is 12.2 Å². The standard InChI is InChI=1S/C19H21NO3/c21-17(15-7-2-1-3-8-15)10-12-20-19(22)18-16-9-5-4-6-14(16)11-13-23-18/h1-9,17-18,21H,10-13H2,(H,20,22).